The molecule has 0 saturated heterocycles. The number of benzene rings is 1. The molecule has 0 unspecified atom stereocenters. The van der Waals surface area contributed by atoms with Crippen molar-refractivity contribution in [2.45, 2.75) is 32.1 Å². The zero-order valence-electron chi connectivity index (χ0n) is 11.0. The van der Waals surface area contributed by atoms with Gasteiger partial charge in [0.1, 0.15) is 6.29 Å². The standard InChI is InChI=1S/C16H19NO2/c18-11-5-9-14-8-3-4-10-15(14)17-16(19)12-13-6-1-2-7-13/h3-5,8-11,13H,1-2,6-7,12H2,(H,17,19)/b9-5+. The Balaban J connectivity index is 1.99. The van der Waals surface area contributed by atoms with Crippen LogP contribution in [0.25, 0.3) is 6.08 Å². The molecule has 1 aliphatic rings. The van der Waals surface area contributed by atoms with Gasteiger partial charge in [0.15, 0.2) is 0 Å². The van der Waals surface area contributed by atoms with Crippen LogP contribution in [0, 0.1) is 5.92 Å². The first kappa shape index (κ1) is 13.5. The van der Waals surface area contributed by atoms with Crippen molar-refractivity contribution in [2.24, 2.45) is 5.92 Å². The zero-order chi connectivity index (χ0) is 13.5. The van der Waals surface area contributed by atoms with Crippen molar-refractivity contribution in [2.75, 3.05) is 5.32 Å². The van der Waals surface area contributed by atoms with Gasteiger partial charge in [-0.1, -0.05) is 31.0 Å². The van der Waals surface area contributed by atoms with Gasteiger partial charge >= 0.3 is 0 Å². The second-order valence-electron chi connectivity index (χ2n) is 4.99. The molecule has 3 heteroatoms. The minimum atomic E-state index is 0.0684. The summed E-state index contributed by atoms with van der Waals surface area (Å²) in [5.74, 6) is 0.608. The molecule has 1 amide bonds. The lowest BCUT2D eigenvalue weighted by Gasteiger charge is -2.11. The molecular weight excluding hydrogens is 238 g/mol. The third kappa shape index (κ3) is 4.05. The maximum absolute atomic E-state index is 12.0. The number of hydrogen-bond acceptors (Lipinski definition) is 2. The number of aldehydes is 1. The Labute approximate surface area is 113 Å². The van der Waals surface area contributed by atoms with E-state index >= 15 is 0 Å². The Bertz CT molecular complexity index is 473. The maximum atomic E-state index is 12.0. The summed E-state index contributed by atoms with van der Waals surface area (Å²) in [5, 5.41) is 2.94. The minimum Gasteiger partial charge on any atom is -0.326 e. The highest BCUT2D eigenvalue weighted by Crippen LogP contribution is 2.28. The van der Waals surface area contributed by atoms with Gasteiger partial charge in [-0.05, 0) is 42.5 Å². The van der Waals surface area contributed by atoms with E-state index in [1.165, 1.54) is 31.8 Å². The lowest BCUT2D eigenvalue weighted by Crippen LogP contribution is -2.15. The molecule has 1 aromatic carbocycles. The van der Waals surface area contributed by atoms with E-state index in [-0.39, 0.29) is 5.91 Å². The summed E-state index contributed by atoms with van der Waals surface area (Å²) in [7, 11) is 0. The monoisotopic (exact) mass is 257 g/mol. The molecule has 1 fully saturated rings. The highest BCUT2D eigenvalue weighted by atomic mass is 16.1. The molecule has 19 heavy (non-hydrogen) atoms. The van der Waals surface area contributed by atoms with Crippen LogP contribution in [0.3, 0.4) is 0 Å². The van der Waals surface area contributed by atoms with Gasteiger partial charge in [0.05, 0.1) is 0 Å². The van der Waals surface area contributed by atoms with Crippen molar-refractivity contribution in [3.63, 3.8) is 0 Å². The van der Waals surface area contributed by atoms with E-state index in [1.54, 1.807) is 6.08 Å². The summed E-state index contributed by atoms with van der Waals surface area (Å²) >= 11 is 0. The third-order valence-corrected chi connectivity index (χ3v) is 3.54. The Hall–Kier alpha value is -1.90. The van der Waals surface area contributed by atoms with Gasteiger partial charge in [-0.25, -0.2) is 0 Å². The van der Waals surface area contributed by atoms with Crippen molar-refractivity contribution < 1.29 is 9.59 Å². The molecule has 1 saturated carbocycles. The first-order chi connectivity index (χ1) is 9.29. The van der Waals surface area contributed by atoms with Crippen LogP contribution < -0.4 is 5.32 Å². The lowest BCUT2D eigenvalue weighted by atomic mass is 10.0. The van der Waals surface area contributed by atoms with E-state index in [1.807, 2.05) is 24.3 Å². The van der Waals surface area contributed by atoms with Crippen LogP contribution in [0.5, 0.6) is 0 Å². The molecule has 0 radical (unpaired) electrons. The highest BCUT2D eigenvalue weighted by molar-refractivity contribution is 5.93. The SMILES string of the molecule is O=C/C=C/c1ccccc1NC(=O)CC1CCCC1. The highest BCUT2D eigenvalue weighted by Gasteiger charge is 2.18. The molecule has 2 rings (SSSR count). The molecule has 0 bridgehead atoms. The minimum absolute atomic E-state index is 0.0684. The van der Waals surface area contributed by atoms with Crippen molar-refractivity contribution in [3.05, 3.63) is 35.9 Å². The Kier molecular flexibility index (Phi) is 4.90. The summed E-state index contributed by atoms with van der Waals surface area (Å²) in [5.41, 5.74) is 1.62. The second kappa shape index (κ2) is 6.88. The normalized spacial score (nSPS) is 15.8. The first-order valence-electron chi connectivity index (χ1n) is 6.80. The Morgan fingerprint density at radius 1 is 1.26 bits per heavy atom. The summed E-state index contributed by atoms with van der Waals surface area (Å²) in [4.78, 5) is 22.4. The quantitative estimate of drug-likeness (QED) is 0.649. The molecular formula is C16H19NO2. The first-order valence-corrected chi connectivity index (χ1v) is 6.80. The van der Waals surface area contributed by atoms with Gasteiger partial charge in [-0.15, -0.1) is 0 Å². The number of allylic oxidation sites excluding steroid dienone is 1. The van der Waals surface area contributed by atoms with Crippen molar-refractivity contribution in [3.8, 4) is 0 Å². The molecule has 3 nitrogen and oxygen atoms in total. The van der Waals surface area contributed by atoms with Crippen molar-refractivity contribution in [1.29, 1.82) is 0 Å². The van der Waals surface area contributed by atoms with Crippen LogP contribution in [0.2, 0.25) is 0 Å². The Morgan fingerprint density at radius 2 is 2.00 bits per heavy atom. The van der Waals surface area contributed by atoms with Gasteiger partial charge in [0, 0.05) is 12.1 Å². The van der Waals surface area contributed by atoms with E-state index in [9.17, 15) is 9.59 Å². The molecule has 100 valence electrons. The van der Waals surface area contributed by atoms with E-state index < -0.39 is 0 Å². The predicted molar refractivity (Wildman–Crippen MR) is 76.7 cm³/mol. The predicted octanol–water partition coefficient (Wildman–Crippen LogP) is 3.42. The van der Waals surface area contributed by atoms with Crippen LogP contribution >= 0.6 is 0 Å². The molecule has 1 aliphatic carbocycles. The average Bonchev–Trinajstić information content (AvgIpc) is 2.90. The fourth-order valence-electron chi connectivity index (χ4n) is 2.58. The summed E-state index contributed by atoms with van der Waals surface area (Å²) in [6, 6.07) is 7.50. The van der Waals surface area contributed by atoms with Gasteiger partial charge in [-0.3, -0.25) is 9.59 Å². The van der Waals surface area contributed by atoms with E-state index in [0.717, 1.165) is 17.5 Å². The number of amides is 1. The molecule has 0 heterocycles. The fourth-order valence-corrected chi connectivity index (χ4v) is 2.58. The second-order valence-corrected chi connectivity index (χ2v) is 4.99. The third-order valence-electron chi connectivity index (χ3n) is 3.54. The van der Waals surface area contributed by atoms with Crippen molar-refractivity contribution in [1.82, 2.24) is 0 Å². The van der Waals surface area contributed by atoms with Crippen LogP contribution in [-0.2, 0) is 9.59 Å². The fraction of sp³-hybridized carbons (Fsp3) is 0.375. The average molecular weight is 257 g/mol. The number of carbonyl (C=O) groups excluding carboxylic acids is 2. The molecule has 0 atom stereocenters. The molecule has 1 aromatic rings. The molecule has 0 aromatic heterocycles. The smallest absolute Gasteiger partial charge is 0.224 e. The number of carbonyl (C=O) groups is 2. The van der Waals surface area contributed by atoms with Gasteiger partial charge in [-0.2, -0.15) is 0 Å². The van der Waals surface area contributed by atoms with Gasteiger partial charge in [0.25, 0.3) is 0 Å². The van der Waals surface area contributed by atoms with Gasteiger partial charge in [0.2, 0.25) is 5.91 Å². The van der Waals surface area contributed by atoms with Crippen LogP contribution in [0.1, 0.15) is 37.7 Å². The summed E-state index contributed by atoms with van der Waals surface area (Å²) < 4.78 is 0. The maximum Gasteiger partial charge on any atom is 0.224 e. The molecule has 0 aliphatic heterocycles. The van der Waals surface area contributed by atoms with Crippen LogP contribution in [-0.4, -0.2) is 12.2 Å². The number of nitrogens with one attached hydrogen (secondary N) is 1. The Morgan fingerprint density at radius 3 is 2.74 bits per heavy atom. The van der Waals surface area contributed by atoms with Crippen molar-refractivity contribution >= 4 is 24.0 Å². The van der Waals surface area contributed by atoms with E-state index in [0.29, 0.717) is 12.3 Å². The van der Waals surface area contributed by atoms with E-state index in [2.05, 4.69) is 5.32 Å². The summed E-state index contributed by atoms with van der Waals surface area (Å²) in [6.07, 6.45) is 9.30. The molecule has 0 spiro atoms. The molecule has 1 N–H and O–H groups in total. The van der Waals surface area contributed by atoms with E-state index in [4.69, 9.17) is 0 Å². The number of rotatable bonds is 5. The number of anilines is 1. The topological polar surface area (TPSA) is 46.2 Å². The van der Waals surface area contributed by atoms with Crippen LogP contribution in [0.4, 0.5) is 5.69 Å². The zero-order valence-corrected chi connectivity index (χ0v) is 11.0. The number of para-hydroxylation sites is 1. The van der Waals surface area contributed by atoms with Gasteiger partial charge < -0.3 is 5.32 Å². The largest absolute Gasteiger partial charge is 0.326 e. The number of hydrogen-bond donors (Lipinski definition) is 1. The van der Waals surface area contributed by atoms with Crippen LogP contribution in [0.15, 0.2) is 30.3 Å². The summed E-state index contributed by atoms with van der Waals surface area (Å²) in [6.45, 7) is 0. The lowest BCUT2D eigenvalue weighted by molar-refractivity contribution is -0.117.